The summed E-state index contributed by atoms with van der Waals surface area (Å²) in [5, 5.41) is 15.9. The Kier molecular flexibility index (Phi) is 6.99. The van der Waals surface area contributed by atoms with Crippen LogP contribution in [0.25, 0.3) is 0 Å². The molecule has 0 saturated heterocycles. The molecule has 0 aromatic heterocycles. The molecule has 0 bridgehead atoms. The van der Waals surface area contributed by atoms with Gasteiger partial charge in [0.1, 0.15) is 0 Å². The van der Waals surface area contributed by atoms with Crippen LogP contribution in [0.15, 0.2) is 53.5 Å². The van der Waals surface area contributed by atoms with E-state index in [2.05, 4.69) is 15.6 Å². The van der Waals surface area contributed by atoms with E-state index >= 15 is 0 Å². The van der Waals surface area contributed by atoms with Crippen LogP contribution in [0.1, 0.15) is 41.6 Å². The molecular weight excluding hydrogens is 419 g/mol. The molecule has 3 N–H and O–H groups in total. The lowest BCUT2D eigenvalue weighted by molar-refractivity contribution is -0.137. The van der Waals surface area contributed by atoms with Gasteiger partial charge in [0.15, 0.2) is 0 Å². The largest absolute Gasteiger partial charge is 0.416 e. The monoisotopic (exact) mass is 439 g/mol. The van der Waals surface area contributed by atoms with Crippen LogP contribution in [0.4, 0.5) is 18.9 Å². The lowest BCUT2D eigenvalue weighted by atomic mass is 9.93. The zero-order chi connectivity index (χ0) is 21.7. The maximum atomic E-state index is 13.0. The number of carbonyl (C=O) groups is 1. The number of amides is 1. The van der Waals surface area contributed by atoms with Crippen molar-refractivity contribution in [2.75, 3.05) is 5.32 Å². The number of hydrogen-bond donors (Lipinski definition) is 3. The van der Waals surface area contributed by atoms with Crippen LogP contribution in [0.2, 0.25) is 5.02 Å². The Morgan fingerprint density at radius 3 is 2.43 bits per heavy atom. The Morgan fingerprint density at radius 2 is 1.77 bits per heavy atom. The van der Waals surface area contributed by atoms with Crippen molar-refractivity contribution in [3.63, 3.8) is 0 Å². The van der Waals surface area contributed by atoms with Crippen LogP contribution < -0.4 is 10.6 Å². The van der Waals surface area contributed by atoms with Crippen molar-refractivity contribution >= 4 is 29.2 Å². The lowest BCUT2D eigenvalue weighted by Crippen LogP contribution is -2.42. The number of anilines is 1. The van der Waals surface area contributed by atoms with Gasteiger partial charge in [0.25, 0.3) is 5.91 Å². The molecule has 0 aliphatic heterocycles. The van der Waals surface area contributed by atoms with Crippen molar-refractivity contribution < 1.29 is 23.1 Å². The van der Waals surface area contributed by atoms with Gasteiger partial charge in [-0.2, -0.15) is 18.2 Å². The van der Waals surface area contributed by atoms with Gasteiger partial charge in [-0.25, -0.2) is 0 Å². The Bertz CT molecular complexity index is 926. The minimum Gasteiger partial charge on any atom is -0.393 e. The highest BCUT2D eigenvalue weighted by molar-refractivity contribution is 6.31. The molecule has 1 fully saturated rings. The molecule has 160 valence electrons. The van der Waals surface area contributed by atoms with Crippen molar-refractivity contribution in [3.05, 3.63) is 64.7 Å². The summed E-state index contributed by atoms with van der Waals surface area (Å²) < 4.78 is 39.1. The van der Waals surface area contributed by atoms with E-state index in [1.807, 2.05) is 0 Å². The number of hydrogen-bond acceptors (Lipinski definition) is 2. The molecule has 1 aliphatic rings. The van der Waals surface area contributed by atoms with Gasteiger partial charge in [0.05, 0.1) is 11.7 Å². The van der Waals surface area contributed by atoms with E-state index in [1.54, 1.807) is 18.2 Å². The first kappa shape index (κ1) is 22.1. The molecule has 2 aromatic rings. The van der Waals surface area contributed by atoms with Gasteiger partial charge < -0.3 is 15.7 Å². The number of aliphatic hydroxyl groups is 1. The zero-order valence-corrected chi connectivity index (χ0v) is 16.7. The summed E-state index contributed by atoms with van der Waals surface area (Å²) in [5.41, 5.74) is -0.411. The molecule has 0 heterocycles. The van der Waals surface area contributed by atoms with Crippen molar-refractivity contribution in [3.8, 4) is 0 Å². The van der Waals surface area contributed by atoms with E-state index in [1.165, 1.54) is 18.2 Å². The number of rotatable bonds is 3. The minimum atomic E-state index is -4.49. The topological polar surface area (TPSA) is 73.7 Å². The Morgan fingerprint density at radius 1 is 1.07 bits per heavy atom. The highest BCUT2D eigenvalue weighted by atomic mass is 35.5. The molecule has 5 nitrogen and oxygen atoms in total. The molecule has 3 rings (SSSR count). The Balaban J connectivity index is 1.84. The van der Waals surface area contributed by atoms with E-state index < -0.39 is 17.6 Å². The number of carbonyl (C=O) groups excluding carboxylic acids is 1. The third-order valence-corrected chi connectivity index (χ3v) is 5.01. The van der Waals surface area contributed by atoms with Crippen molar-refractivity contribution in [1.82, 2.24) is 5.32 Å². The second kappa shape index (κ2) is 9.49. The third-order valence-electron chi connectivity index (χ3n) is 4.78. The van der Waals surface area contributed by atoms with Gasteiger partial charge in [0, 0.05) is 22.3 Å². The van der Waals surface area contributed by atoms with Gasteiger partial charge >= 0.3 is 6.18 Å². The first-order valence-electron chi connectivity index (χ1n) is 9.48. The zero-order valence-electron chi connectivity index (χ0n) is 15.9. The fourth-order valence-electron chi connectivity index (χ4n) is 3.21. The second-order valence-corrected chi connectivity index (χ2v) is 7.57. The van der Waals surface area contributed by atoms with E-state index in [0.29, 0.717) is 30.7 Å². The van der Waals surface area contributed by atoms with E-state index in [9.17, 15) is 23.1 Å². The van der Waals surface area contributed by atoms with Crippen molar-refractivity contribution in [2.24, 2.45) is 4.99 Å². The highest BCUT2D eigenvalue weighted by Gasteiger charge is 2.30. The predicted octanol–water partition coefficient (Wildman–Crippen LogP) is 4.86. The number of guanidine groups is 1. The average Bonchev–Trinajstić information content (AvgIpc) is 2.69. The van der Waals surface area contributed by atoms with E-state index in [4.69, 9.17) is 11.6 Å². The Hall–Kier alpha value is -2.58. The normalized spacial score (nSPS) is 20.0. The van der Waals surface area contributed by atoms with E-state index in [-0.39, 0.29) is 29.4 Å². The number of halogens is 4. The molecular formula is C21H21ClF3N3O2. The molecule has 2 aromatic carbocycles. The van der Waals surface area contributed by atoms with Crippen LogP contribution in [-0.4, -0.2) is 29.1 Å². The SMILES string of the molecule is O=C(/N=C(/Nc1cccc(C(F)(F)F)c1)N[C@H]1CC[C@H](O)CC1)c1cccc(Cl)c1. The summed E-state index contributed by atoms with van der Waals surface area (Å²) in [6.07, 6.45) is -2.37. The fourth-order valence-corrected chi connectivity index (χ4v) is 3.40. The molecule has 0 unspecified atom stereocenters. The summed E-state index contributed by atoms with van der Waals surface area (Å²) >= 11 is 5.92. The van der Waals surface area contributed by atoms with Gasteiger partial charge in [-0.1, -0.05) is 23.7 Å². The maximum absolute atomic E-state index is 13.0. The second-order valence-electron chi connectivity index (χ2n) is 7.13. The highest BCUT2D eigenvalue weighted by Crippen LogP contribution is 2.30. The maximum Gasteiger partial charge on any atom is 0.416 e. The van der Waals surface area contributed by atoms with Crippen LogP contribution in [0, 0.1) is 0 Å². The summed E-state index contributed by atoms with van der Waals surface area (Å²) in [4.78, 5) is 16.6. The number of alkyl halides is 3. The van der Waals surface area contributed by atoms with Crippen LogP contribution in [0.5, 0.6) is 0 Å². The number of aliphatic hydroxyl groups excluding tert-OH is 1. The number of benzene rings is 2. The Labute approximate surface area is 177 Å². The third kappa shape index (κ3) is 6.21. The first-order valence-corrected chi connectivity index (χ1v) is 9.86. The average molecular weight is 440 g/mol. The predicted molar refractivity (Wildman–Crippen MR) is 110 cm³/mol. The van der Waals surface area contributed by atoms with Crippen molar-refractivity contribution in [2.45, 2.75) is 44.0 Å². The summed E-state index contributed by atoms with van der Waals surface area (Å²) in [5.74, 6) is -0.545. The quantitative estimate of drug-likeness (QED) is 0.471. The van der Waals surface area contributed by atoms with Gasteiger partial charge in [-0.15, -0.1) is 0 Å². The summed E-state index contributed by atoms with van der Waals surface area (Å²) in [7, 11) is 0. The first-order chi connectivity index (χ1) is 14.2. The van der Waals surface area contributed by atoms with Crippen LogP contribution in [-0.2, 0) is 6.18 Å². The van der Waals surface area contributed by atoms with Gasteiger partial charge in [0.2, 0.25) is 5.96 Å². The molecule has 9 heteroatoms. The van der Waals surface area contributed by atoms with Crippen LogP contribution in [0.3, 0.4) is 0 Å². The molecule has 0 spiro atoms. The number of nitrogens with one attached hydrogen (secondary N) is 2. The lowest BCUT2D eigenvalue weighted by Gasteiger charge is -2.27. The van der Waals surface area contributed by atoms with Gasteiger partial charge in [-0.05, 0) is 62.1 Å². The summed E-state index contributed by atoms with van der Waals surface area (Å²) in [6, 6.07) is 10.8. The molecule has 1 saturated carbocycles. The summed E-state index contributed by atoms with van der Waals surface area (Å²) in [6.45, 7) is 0. The van der Waals surface area contributed by atoms with Crippen molar-refractivity contribution in [1.29, 1.82) is 0 Å². The minimum absolute atomic E-state index is 0.0423. The number of aliphatic imine (C=N–C) groups is 1. The smallest absolute Gasteiger partial charge is 0.393 e. The molecule has 0 radical (unpaired) electrons. The fraction of sp³-hybridized carbons (Fsp3) is 0.333. The molecule has 1 amide bonds. The molecule has 1 aliphatic carbocycles. The standard InChI is InChI=1S/C21H21ClF3N3O2/c22-15-5-1-3-13(11-15)19(30)28-20(26-16-7-9-18(29)10-8-16)27-17-6-2-4-14(12-17)21(23,24)25/h1-6,11-12,16,18,29H,7-10H2,(H2,26,27,28,30)/t16-,18-. The van der Waals surface area contributed by atoms with Crippen LogP contribution >= 0.6 is 11.6 Å². The van der Waals surface area contributed by atoms with E-state index in [0.717, 1.165) is 12.1 Å². The molecule has 30 heavy (non-hydrogen) atoms. The van der Waals surface area contributed by atoms with Gasteiger partial charge in [-0.3, -0.25) is 4.79 Å². The molecule has 0 atom stereocenters. The number of nitrogens with zero attached hydrogens (tertiary/aromatic N) is 1.